The van der Waals surface area contributed by atoms with Crippen molar-refractivity contribution < 1.29 is 5.11 Å². The Hall–Kier alpha value is -0.870. The molecule has 0 fully saturated rings. The lowest BCUT2D eigenvalue weighted by Gasteiger charge is -2.23. The number of hydrogen-bond acceptors (Lipinski definition) is 3. The molecular formula is C12H23N3O. The van der Waals surface area contributed by atoms with Gasteiger partial charge in [0.25, 0.3) is 0 Å². The fraction of sp³-hybridized carbons (Fsp3) is 0.750. The Kier molecular flexibility index (Phi) is 4.96. The summed E-state index contributed by atoms with van der Waals surface area (Å²) in [7, 11) is 0. The Morgan fingerprint density at radius 1 is 1.44 bits per heavy atom. The molecule has 0 aliphatic rings. The second kappa shape index (κ2) is 6.01. The van der Waals surface area contributed by atoms with E-state index in [1.807, 2.05) is 17.8 Å². The average molecular weight is 225 g/mol. The van der Waals surface area contributed by atoms with E-state index in [0.717, 1.165) is 6.54 Å². The van der Waals surface area contributed by atoms with Gasteiger partial charge in [0.2, 0.25) is 0 Å². The third-order valence-electron chi connectivity index (χ3n) is 3.13. The first kappa shape index (κ1) is 13.2. The van der Waals surface area contributed by atoms with Crippen LogP contribution < -0.4 is 5.32 Å². The standard InChI is InChI=1S/C12H23N3O/c1-5-15-7-12(6-13-15)11(4)14-10(3)9(2)8-16/h6-7,9-11,14,16H,5,8H2,1-4H3. The number of nitrogens with zero attached hydrogens (tertiary/aromatic N) is 2. The minimum Gasteiger partial charge on any atom is -0.396 e. The van der Waals surface area contributed by atoms with Crippen LogP contribution in [0.15, 0.2) is 12.4 Å². The molecule has 4 heteroatoms. The number of rotatable bonds is 6. The van der Waals surface area contributed by atoms with Gasteiger partial charge in [-0.15, -0.1) is 0 Å². The molecule has 92 valence electrons. The van der Waals surface area contributed by atoms with Gasteiger partial charge < -0.3 is 10.4 Å². The van der Waals surface area contributed by atoms with Gasteiger partial charge in [0.05, 0.1) is 6.20 Å². The second-order valence-electron chi connectivity index (χ2n) is 4.47. The Morgan fingerprint density at radius 2 is 2.12 bits per heavy atom. The van der Waals surface area contributed by atoms with Gasteiger partial charge in [-0.3, -0.25) is 4.68 Å². The molecule has 3 atom stereocenters. The van der Waals surface area contributed by atoms with E-state index >= 15 is 0 Å². The minimum absolute atomic E-state index is 0.217. The molecule has 3 unspecified atom stereocenters. The molecule has 1 aromatic heterocycles. The monoisotopic (exact) mass is 225 g/mol. The summed E-state index contributed by atoms with van der Waals surface area (Å²) in [6, 6.07) is 0.564. The van der Waals surface area contributed by atoms with Gasteiger partial charge in [0, 0.05) is 37.0 Å². The van der Waals surface area contributed by atoms with E-state index in [1.54, 1.807) is 0 Å². The third kappa shape index (κ3) is 3.32. The molecule has 2 N–H and O–H groups in total. The van der Waals surface area contributed by atoms with Crippen LogP contribution >= 0.6 is 0 Å². The average Bonchev–Trinajstić information content (AvgIpc) is 2.76. The van der Waals surface area contributed by atoms with Crippen molar-refractivity contribution in [2.45, 2.75) is 46.3 Å². The molecule has 0 saturated carbocycles. The number of aliphatic hydroxyl groups is 1. The molecule has 0 amide bonds. The third-order valence-corrected chi connectivity index (χ3v) is 3.13. The first-order chi connectivity index (χ1) is 7.58. The summed E-state index contributed by atoms with van der Waals surface area (Å²) < 4.78 is 1.92. The summed E-state index contributed by atoms with van der Waals surface area (Å²) in [5.41, 5.74) is 1.19. The van der Waals surface area contributed by atoms with Gasteiger partial charge in [-0.1, -0.05) is 6.92 Å². The van der Waals surface area contributed by atoms with Crippen molar-refractivity contribution in [3.63, 3.8) is 0 Å². The van der Waals surface area contributed by atoms with Crippen molar-refractivity contribution in [2.75, 3.05) is 6.61 Å². The summed E-state index contributed by atoms with van der Waals surface area (Å²) in [6.07, 6.45) is 3.96. The lowest BCUT2D eigenvalue weighted by atomic mass is 10.0. The molecule has 0 bridgehead atoms. The molecule has 0 saturated heterocycles. The largest absolute Gasteiger partial charge is 0.396 e. The van der Waals surface area contributed by atoms with E-state index in [-0.39, 0.29) is 18.6 Å². The van der Waals surface area contributed by atoms with Crippen LogP contribution in [-0.4, -0.2) is 27.5 Å². The number of nitrogens with one attached hydrogen (secondary N) is 1. The Morgan fingerprint density at radius 3 is 2.62 bits per heavy atom. The normalized spacial score (nSPS) is 17.1. The zero-order valence-corrected chi connectivity index (χ0v) is 10.6. The quantitative estimate of drug-likeness (QED) is 0.772. The van der Waals surface area contributed by atoms with E-state index in [9.17, 15) is 0 Å². The number of aromatic nitrogens is 2. The molecule has 1 heterocycles. The Balaban J connectivity index is 2.54. The van der Waals surface area contributed by atoms with E-state index in [1.165, 1.54) is 5.56 Å². The molecule has 1 aromatic rings. The van der Waals surface area contributed by atoms with E-state index < -0.39 is 0 Å². The highest BCUT2D eigenvalue weighted by atomic mass is 16.3. The van der Waals surface area contributed by atoms with Crippen LogP contribution in [0.4, 0.5) is 0 Å². The molecule has 0 spiro atoms. The lowest BCUT2D eigenvalue weighted by molar-refractivity contribution is 0.202. The van der Waals surface area contributed by atoms with Crippen molar-refractivity contribution >= 4 is 0 Å². The number of aliphatic hydroxyl groups excluding tert-OH is 1. The van der Waals surface area contributed by atoms with Gasteiger partial charge in [-0.05, 0) is 26.7 Å². The zero-order chi connectivity index (χ0) is 12.1. The van der Waals surface area contributed by atoms with Crippen molar-refractivity contribution in [1.29, 1.82) is 0 Å². The summed E-state index contributed by atoms with van der Waals surface area (Å²) in [5, 5.41) is 16.8. The Labute approximate surface area is 97.7 Å². The number of aryl methyl sites for hydroxylation is 1. The van der Waals surface area contributed by atoms with Gasteiger partial charge in [-0.25, -0.2) is 0 Å². The summed E-state index contributed by atoms with van der Waals surface area (Å²) in [6.45, 7) is 9.45. The van der Waals surface area contributed by atoms with Crippen LogP contribution in [0, 0.1) is 5.92 Å². The highest BCUT2D eigenvalue weighted by Gasteiger charge is 2.15. The van der Waals surface area contributed by atoms with Crippen molar-refractivity contribution in [3.8, 4) is 0 Å². The topological polar surface area (TPSA) is 50.1 Å². The fourth-order valence-corrected chi connectivity index (χ4v) is 1.59. The van der Waals surface area contributed by atoms with Gasteiger partial charge in [0.15, 0.2) is 0 Å². The molecular weight excluding hydrogens is 202 g/mol. The van der Waals surface area contributed by atoms with Gasteiger partial charge >= 0.3 is 0 Å². The van der Waals surface area contributed by atoms with E-state index in [4.69, 9.17) is 5.11 Å². The fourth-order valence-electron chi connectivity index (χ4n) is 1.59. The summed E-state index contributed by atoms with van der Waals surface area (Å²) >= 11 is 0. The maximum absolute atomic E-state index is 9.07. The maximum atomic E-state index is 9.07. The predicted octanol–water partition coefficient (Wildman–Crippen LogP) is 1.57. The van der Waals surface area contributed by atoms with E-state index in [0.29, 0.717) is 6.04 Å². The first-order valence-electron chi connectivity index (χ1n) is 5.97. The zero-order valence-electron chi connectivity index (χ0n) is 10.6. The van der Waals surface area contributed by atoms with Crippen LogP contribution in [0.5, 0.6) is 0 Å². The molecule has 16 heavy (non-hydrogen) atoms. The second-order valence-corrected chi connectivity index (χ2v) is 4.47. The Bertz CT molecular complexity index is 311. The van der Waals surface area contributed by atoms with Crippen LogP contribution in [0.2, 0.25) is 0 Å². The van der Waals surface area contributed by atoms with Crippen molar-refractivity contribution in [2.24, 2.45) is 5.92 Å². The number of hydrogen-bond donors (Lipinski definition) is 2. The van der Waals surface area contributed by atoms with Gasteiger partial charge in [-0.2, -0.15) is 5.10 Å². The highest BCUT2D eigenvalue weighted by Crippen LogP contribution is 2.14. The molecule has 0 radical (unpaired) electrons. The van der Waals surface area contributed by atoms with E-state index in [2.05, 4.69) is 37.4 Å². The highest BCUT2D eigenvalue weighted by molar-refractivity contribution is 5.09. The van der Waals surface area contributed by atoms with Crippen molar-refractivity contribution in [3.05, 3.63) is 18.0 Å². The lowest BCUT2D eigenvalue weighted by Crippen LogP contribution is -2.35. The van der Waals surface area contributed by atoms with Gasteiger partial charge in [0.1, 0.15) is 0 Å². The van der Waals surface area contributed by atoms with Crippen LogP contribution in [-0.2, 0) is 6.54 Å². The molecule has 0 aliphatic heterocycles. The smallest absolute Gasteiger partial charge is 0.0537 e. The molecule has 1 rings (SSSR count). The SMILES string of the molecule is CCn1cc(C(C)NC(C)C(C)CO)cn1. The molecule has 0 aromatic carbocycles. The van der Waals surface area contributed by atoms with Crippen molar-refractivity contribution in [1.82, 2.24) is 15.1 Å². The predicted molar refractivity (Wildman–Crippen MR) is 65.2 cm³/mol. The first-order valence-corrected chi connectivity index (χ1v) is 5.97. The molecule has 0 aliphatic carbocycles. The van der Waals surface area contributed by atoms with Crippen LogP contribution in [0.3, 0.4) is 0 Å². The molecule has 4 nitrogen and oxygen atoms in total. The summed E-state index contributed by atoms with van der Waals surface area (Å²) in [5.74, 6) is 0.267. The van der Waals surface area contributed by atoms with Crippen LogP contribution in [0.25, 0.3) is 0 Å². The maximum Gasteiger partial charge on any atom is 0.0537 e. The summed E-state index contributed by atoms with van der Waals surface area (Å²) in [4.78, 5) is 0. The van der Waals surface area contributed by atoms with Crippen LogP contribution in [0.1, 0.15) is 39.3 Å². The minimum atomic E-state index is 0.217.